The van der Waals surface area contributed by atoms with Gasteiger partial charge in [-0.2, -0.15) is 0 Å². The number of aromatic nitrogens is 1. The Labute approximate surface area is 558 Å². The molecular formula is C95H61N. The highest BCUT2D eigenvalue weighted by Gasteiger charge is 2.46. The highest BCUT2D eigenvalue weighted by Crippen LogP contribution is 2.58. The lowest BCUT2D eigenvalue weighted by Crippen LogP contribution is -2.28. The van der Waals surface area contributed by atoms with Gasteiger partial charge in [0, 0.05) is 16.5 Å². The van der Waals surface area contributed by atoms with E-state index in [1.807, 2.05) is 0 Å². The second-order valence-electron chi connectivity index (χ2n) is 25.8. The summed E-state index contributed by atoms with van der Waals surface area (Å²) in [6, 6.07) is 138. The van der Waals surface area contributed by atoms with Crippen molar-refractivity contribution in [2.45, 2.75) is 5.41 Å². The van der Waals surface area contributed by atoms with Gasteiger partial charge in [0.2, 0.25) is 0 Å². The average molecular weight is 1220 g/mol. The third-order valence-electron chi connectivity index (χ3n) is 20.7. The molecule has 18 aromatic rings. The van der Waals surface area contributed by atoms with Crippen LogP contribution in [-0.2, 0) is 5.41 Å². The monoisotopic (exact) mass is 1220 g/mol. The number of hydrogen-bond acceptors (Lipinski definition) is 0. The van der Waals surface area contributed by atoms with Crippen molar-refractivity contribution < 1.29 is 0 Å². The molecule has 1 heterocycles. The molecule has 0 aliphatic heterocycles. The molecule has 0 saturated carbocycles. The predicted molar refractivity (Wildman–Crippen MR) is 406 cm³/mol. The minimum atomic E-state index is -0.603. The number of fused-ring (bicyclic) bond motifs is 12. The Balaban J connectivity index is 0.721. The molecule has 0 atom stereocenters. The highest BCUT2D eigenvalue weighted by molar-refractivity contribution is 6.16. The van der Waals surface area contributed by atoms with E-state index in [-0.39, 0.29) is 0 Å². The summed E-state index contributed by atoms with van der Waals surface area (Å²) in [4.78, 5) is 0. The van der Waals surface area contributed by atoms with Gasteiger partial charge in [-0.05, 0) is 209 Å². The van der Waals surface area contributed by atoms with Crippen LogP contribution < -0.4 is 0 Å². The Morgan fingerprint density at radius 1 is 0.177 bits per heavy atom. The van der Waals surface area contributed by atoms with Gasteiger partial charge in [0.15, 0.2) is 0 Å². The topological polar surface area (TPSA) is 4.93 Å². The van der Waals surface area contributed by atoms with E-state index in [2.05, 4.69) is 375 Å². The average Bonchev–Trinajstić information content (AvgIpc) is 1.52. The van der Waals surface area contributed by atoms with Gasteiger partial charge < -0.3 is 4.57 Å². The third-order valence-corrected chi connectivity index (χ3v) is 20.7. The second-order valence-corrected chi connectivity index (χ2v) is 25.8. The molecule has 1 aromatic heterocycles. The Kier molecular flexibility index (Phi) is 12.9. The van der Waals surface area contributed by atoms with Gasteiger partial charge in [0.1, 0.15) is 0 Å². The van der Waals surface area contributed by atoms with E-state index in [0.29, 0.717) is 0 Å². The summed E-state index contributed by atoms with van der Waals surface area (Å²) in [6.07, 6.45) is 0. The van der Waals surface area contributed by atoms with Crippen molar-refractivity contribution in [1.82, 2.24) is 4.57 Å². The highest BCUT2D eigenvalue weighted by atomic mass is 15.0. The van der Waals surface area contributed by atoms with Crippen LogP contribution >= 0.6 is 0 Å². The fourth-order valence-corrected chi connectivity index (χ4v) is 16.1. The standard InChI is InChI=1S/C95H61N/c1-4-18-62(19-5-1)73-48-52-85-86-53-51-78(61-92(86)95(91(85)60-73,76-22-6-2-7-23-76)77-24-8-3-9-25-77)96-93-54-49-71(67-36-32-63(33-37-67)65-40-44-69(45-41-65)87-58-74-20-10-12-26-79(74)81-28-14-16-30-83(81)87)56-89(93)90-57-72(50-55-94(90)96)68-38-34-64(35-39-68)66-42-46-70(47-43-66)88-59-75-21-11-13-27-80(75)82-29-15-17-31-84(82)88/h1-61H. The van der Waals surface area contributed by atoms with Crippen molar-refractivity contribution in [3.63, 3.8) is 0 Å². The molecule has 0 spiro atoms. The van der Waals surface area contributed by atoms with Gasteiger partial charge in [-0.3, -0.25) is 0 Å². The Hall–Kier alpha value is -12.4. The Morgan fingerprint density at radius 2 is 0.490 bits per heavy atom. The molecule has 0 bridgehead atoms. The number of hydrogen-bond donors (Lipinski definition) is 0. The molecule has 0 fully saturated rings. The van der Waals surface area contributed by atoms with Gasteiger partial charge in [0.25, 0.3) is 0 Å². The largest absolute Gasteiger partial charge is 0.309 e. The van der Waals surface area contributed by atoms with E-state index < -0.39 is 5.41 Å². The van der Waals surface area contributed by atoms with Gasteiger partial charge in [-0.15, -0.1) is 0 Å². The van der Waals surface area contributed by atoms with Crippen LogP contribution in [0.5, 0.6) is 0 Å². The van der Waals surface area contributed by atoms with Crippen molar-refractivity contribution in [1.29, 1.82) is 0 Å². The van der Waals surface area contributed by atoms with Crippen molar-refractivity contribution in [3.8, 4) is 94.7 Å². The molecule has 96 heavy (non-hydrogen) atoms. The predicted octanol–water partition coefficient (Wildman–Crippen LogP) is 25.4. The smallest absolute Gasteiger partial charge is 0.0714 e. The molecule has 0 unspecified atom stereocenters. The van der Waals surface area contributed by atoms with Crippen LogP contribution in [0.3, 0.4) is 0 Å². The second kappa shape index (κ2) is 22.4. The lowest BCUT2D eigenvalue weighted by molar-refractivity contribution is 0.768. The maximum Gasteiger partial charge on any atom is 0.0714 e. The van der Waals surface area contributed by atoms with Crippen molar-refractivity contribution in [2.24, 2.45) is 0 Å². The molecule has 1 aliphatic carbocycles. The van der Waals surface area contributed by atoms with E-state index in [1.54, 1.807) is 0 Å². The molecule has 1 heteroatoms. The zero-order chi connectivity index (χ0) is 63.3. The number of rotatable bonds is 10. The summed E-state index contributed by atoms with van der Waals surface area (Å²) in [5.41, 5.74) is 27.2. The van der Waals surface area contributed by atoms with Crippen molar-refractivity contribution >= 4 is 64.9 Å². The zero-order valence-electron chi connectivity index (χ0n) is 52.7. The minimum absolute atomic E-state index is 0.603. The first kappa shape index (κ1) is 55.2. The fraction of sp³-hybridized carbons (Fsp3) is 0.0105. The van der Waals surface area contributed by atoms with E-state index in [1.165, 1.54) is 165 Å². The lowest BCUT2D eigenvalue weighted by atomic mass is 9.67. The van der Waals surface area contributed by atoms with Crippen LogP contribution in [0.15, 0.2) is 370 Å². The van der Waals surface area contributed by atoms with E-state index in [9.17, 15) is 0 Å². The fourth-order valence-electron chi connectivity index (χ4n) is 16.1. The molecule has 0 saturated heterocycles. The minimum Gasteiger partial charge on any atom is -0.309 e. The van der Waals surface area contributed by atoms with Crippen LogP contribution in [-0.4, -0.2) is 4.57 Å². The van der Waals surface area contributed by atoms with Crippen molar-refractivity contribution in [2.75, 3.05) is 0 Å². The maximum atomic E-state index is 2.51. The summed E-state index contributed by atoms with van der Waals surface area (Å²) in [6.45, 7) is 0. The molecule has 19 rings (SSSR count). The summed E-state index contributed by atoms with van der Waals surface area (Å²) in [5.74, 6) is 0. The molecule has 0 N–H and O–H groups in total. The number of nitrogens with zero attached hydrogens (tertiary/aromatic N) is 1. The molecule has 0 radical (unpaired) electrons. The summed E-state index contributed by atoms with van der Waals surface area (Å²) < 4.78 is 2.51. The van der Waals surface area contributed by atoms with Crippen LogP contribution in [0, 0.1) is 0 Å². The van der Waals surface area contributed by atoms with Crippen molar-refractivity contribution in [3.05, 3.63) is 392 Å². The zero-order valence-corrected chi connectivity index (χ0v) is 52.7. The quantitative estimate of drug-likeness (QED) is 0.120. The molecule has 17 aromatic carbocycles. The first-order valence-corrected chi connectivity index (χ1v) is 33.4. The molecule has 0 amide bonds. The Morgan fingerprint density at radius 3 is 0.938 bits per heavy atom. The van der Waals surface area contributed by atoms with E-state index >= 15 is 0 Å². The van der Waals surface area contributed by atoms with Crippen LogP contribution in [0.25, 0.3) is 160 Å². The van der Waals surface area contributed by atoms with Gasteiger partial charge in [-0.1, -0.05) is 315 Å². The normalized spacial score (nSPS) is 12.5. The summed E-state index contributed by atoms with van der Waals surface area (Å²) in [5, 5.41) is 12.6. The maximum absolute atomic E-state index is 2.51. The van der Waals surface area contributed by atoms with Gasteiger partial charge >= 0.3 is 0 Å². The van der Waals surface area contributed by atoms with Gasteiger partial charge in [-0.25, -0.2) is 0 Å². The third kappa shape index (κ3) is 8.93. The summed E-state index contributed by atoms with van der Waals surface area (Å²) in [7, 11) is 0. The molecule has 446 valence electrons. The first-order chi connectivity index (χ1) is 47.6. The van der Waals surface area contributed by atoms with Crippen LogP contribution in [0.4, 0.5) is 0 Å². The Bertz CT molecular complexity index is 5760. The SMILES string of the molecule is c1ccc(-c2ccc3c(c2)C(c2ccccc2)(c2ccccc2)c2cc(-n4c5ccc(-c6ccc(-c7ccc(-c8cc9ccccc9c9ccccc89)cc7)cc6)cc5c5cc(-c6ccc(-c7ccc(-c8cc9ccccc9c9ccccc89)cc7)cc6)ccc54)ccc2-3)cc1. The first-order valence-electron chi connectivity index (χ1n) is 33.4. The molecule has 1 nitrogen and oxygen atoms in total. The lowest BCUT2D eigenvalue weighted by Gasteiger charge is -2.34. The molecule has 1 aliphatic rings. The molecular weight excluding hydrogens is 1160 g/mol. The van der Waals surface area contributed by atoms with E-state index in [0.717, 1.165) is 16.7 Å². The van der Waals surface area contributed by atoms with Crippen LogP contribution in [0.2, 0.25) is 0 Å². The summed E-state index contributed by atoms with van der Waals surface area (Å²) >= 11 is 0. The van der Waals surface area contributed by atoms with Crippen LogP contribution in [0.1, 0.15) is 22.3 Å². The number of benzene rings is 17. The van der Waals surface area contributed by atoms with Gasteiger partial charge in [0.05, 0.1) is 16.4 Å². The van der Waals surface area contributed by atoms with E-state index in [4.69, 9.17) is 0 Å².